The zero-order valence-electron chi connectivity index (χ0n) is 11.6. The second kappa shape index (κ2) is 6.18. The van der Waals surface area contributed by atoms with Gasteiger partial charge in [-0.2, -0.15) is 0 Å². The van der Waals surface area contributed by atoms with E-state index in [0.717, 1.165) is 51.7 Å². The Labute approximate surface area is 120 Å². The molecule has 5 heteroatoms. The van der Waals surface area contributed by atoms with Crippen molar-refractivity contribution in [2.75, 3.05) is 13.2 Å². The van der Waals surface area contributed by atoms with Crippen LogP contribution in [0.15, 0.2) is 0 Å². The highest BCUT2D eigenvalue weighted by Crippen LogP contribution is 2.39. The first kappa shape index (κ1) is 14.7. The Morgan fingerprint density at radius 1 is 1.37 bits per heavy atom. The van der Waals surface area contributed by atoms with Crippen molar-refractivity contribution in [2.45, 2.75) is 51.5 Å². The first-order chi connectivity index (χ1) is 9.06. The summed E-state index contributed by atoms with van der Waals surface area (Å²) in [5.41, 5.74) is 5.25. The lowest BCUT2D eigenvalue weighted by molar-refractivity contribution is -0.128. The fraction of sp³-hybridized carbons (Fsp3) is 0.857. The SMILES string of the molecule is CC(NC(=O)C1(C(N)=S)CCCC1)C1CCOCC1. The van der Waals surface area contributed by atoms with Crippen LogP contribution in [0.3, 0.4) is 0 Å². The van der Waals surface area contributed by atoms with Gasteiger partial charge in [-0.3, -0.25) is 4.79 Å². The van der Waals surface area contributed by atoms with Gasteiger partial charge in [0, 0.05) is 19.3 Å². The molecule has 0 aromatic carbocycles. The van der Waals surface area contributed by atoms with Crippen LogP contribution in [-0.4, -0.2) is 30.2 Å². The molecule has 4 nitrogen and oxygen atoms in total. The maximum Gasteiger partial charge on any atom is 0.233 e. The monoisotopic (exact) mass is 284 g/mol. The van der Waals surface area contributed by atoms with Crippen molar-refractivity contribution in [3.63, 3.8) is 0 Å². The van der Waals surface area contributed by atoms with E-state index in [1.807, 2.05) is 0 Å². The minimum atomic E-state index is -0.589. The zero-order valence-corrected chi connectivity index (χ0v) is 12.4. The third-order valence-corrected chi connectivity index (χ3v) is 5.09. The van der Waals surface area contributed by atoms with Crippen molar-refractivity contribution in [2.24, 2.45) is 17.1 Å². The summed E-state index contributed by atoms with van der Waals surface area (Å²) < 4.78 is 5.36. The molecule has 2 rings (SSSR count). The molecule has 0 spiro atoms. The lowest BCUT2D eigenvalue weighted by Gasteiger charge is -2.32. The van der Waals surface area contributed by atoms with Gasteiger partial charge in [0.2, 0.25) is 5.91 Å². The highest BCUT2D eigenvalue weighted by atomic mass is 32.1. The summed E-state index contributed by atoms with van der Waals surface area (Å²) in [6.45, 7) is 3.67. The maximum atomic E-state index is 12.6. The van der Waals surface area contributed by atoms with Gasteiger partial charge in [0.25, 0.3) is 0 Å². The molecule has 1 saturated heterocycles. The number of ether oxygens (including phenoxy) is 1. The van der Waals surface area contributed by atoms with Crippen LogP contribution in [-0.2, 0) is 9.53 Å². The topological polar surface area (TPSA) is 64.4 Å². The average Bonchev–Trinajstić information content (AvgIpc) is 2.90. The highest BCUT2D eigenvalue weighted by molar-refractivity contribution is 7.80. The van der Waals surface area contributed by atoms with Crippen LogP contribution in [0, 0.1) is 11.3 Å². The van der Waals surface area contributed by atoms with E-state index >= 15 is 0 Å². The third kappa shape index (κ3) is 3.08. The average molecular weight is 284 g/mol. The molecule has 19 heavy (non-hydrogen) atoms. The summed E-state index contributed by atoms with van der Waals surface area (Å²) in [6, 6.07) is 0.170. The van der Waals surface area contributed by atoms with Crippen LogP contribution in [0.5, 0.6) is 0 Å². The van der Waals surface area contributed by atoms with E-state index in [1.54, 1.807) is 0 Å². The number of amides is 1. The fourth-order valence-electron chi connectivity index (χ4n) is 3.24. The minimum Gasteiger partial charge on any atom is -0.392 e. The van der Waals surface area contributed by atoms with Crippen LogP contribution in [0.4, 0.5) is 0 Å². The number of nitrogens with two attached hydrogens (primary N) is 1. The lowest BCUT2D eigenvalue weighted by atomic mass is 9.84. The largest absolute Gasteiger partial charge is 0.392 e. The van der Waals surface area contributed by atoms with Gasteiger partial charge in [-0.25, -0.2) is 0 Å². The summed E-state index contributed by atoms with van der Waals surface area (Å²) in [5, 5.41) is 3.15. The summed E-state index contributed by atoms with van der Waals surface area (Å²) in [6.07, 6.45) is 5.71. The van der Waals surface area contributed by atoms with E-state index in [0.29, 0.717) is 10.9 Å². The van der Waals surface area contributed by atoms with Crippen molar-refractivity contribution in [3.05, 3.63) is 0 Å². The number of hydrogen-bond acceptors (Lipinski definition) is 3. The molecule has 0 aromatic heterocycles. The van der Waals surface area contributed by atoms with E-state index in [2.05, 4.69) is 12.2 Å². The van der Waals surface area contributed by atoms with Gasteiger partial charge in [0.1, 0.15) is 0 Å². The molecular formula is C14H24N2O2S. The van der Waals surface area contributed by atoms with Crippen molar-refractivity contribution in [3.8, 4) is 0 Å². The summed E-state index contributed by atoms with van der Waals surface area (Å²) in [5.74, 6) is 0.541. The van der Waals surface area contributed by atoms with Crippen molar-refractivity contribution in [1.29, 1.82) is 0 Å². The maximum absolute atomic E-state index is 12.6. The number of nitrogens with one attached hydrogen (secondary N) is 1. The molecule has 108 valence electrons. The van der Waals surface area contributed by atoms with Gasteiger partial charge >= 0.3 is 0 Å². The molecule has 3 N–H and O–H groups in total. The standard InChI is InChI=1S/C14H24N2O2S/c1-10(11-4-8-18-9-5-11)16-13(17)14(12(15)19)6-2-3-7-14/h10-11H,2-9H2,1H3,(H2,15,19)(H,16,17). The van der Waals surface area contributed by atoms with Crippen LogP contribution >= 0.6 is 12.2 Å². The summed E-state index contributed by atoms with van der Waals surface area (Å²) >= 11 is 5.15. The van der Waals surface area contributed by atoms with Gasteiger partial charge in [-0.05, 0) is 38.5 Å². The van der Waals surface area contributed by atoms with Gasteiger partial charge in [0.15, 0.2) is 0 Å². The number of rotatable bonds is 4. The second-order valence-electron chi connectivity index (χ2n) is 5.87. The predicted octanol–water partition coefficient (Wildman–Crippen LogP) is 1.76. The van der Waals surface area contributed by atoms with Crippen LogP contribution < -0.4 is 11.1 Å². The Bertz CT molecular complexity index is 347. The van der Waals surface area contributed by atoms with Gasteiger partial charge in [0.05, 0.1) is 10.4 Å². The fourth-order valence-corrected chi connectivity index (χ4v) is 3.54. The molecule has 1 aliphatic carbocycles. The number of carbonyl (C=O) groups is 1. The molecule has 1 atom stereocenters. The molecule has 1 heterocycles. The van der Waals surface area contributed by atoms with E-state index in [-0.39, 0.29) is 11.9 Å². The Balaban J connectivity index is 1.97. The molecular weight excluding hydrogens is 260 g/mol. The highest BCUT2D eigenvalue weighted by Gasteiger charge is 2.44. The van der Waals surface area contributed by atoms with Gasteiger partial charge in [-0.15, -0.1) is 0 Å². The first-order valence-corrected chi connectivity index (χ1v) is 7.66. The lowest BCUT2D eigenvalue weighted by Crippen LogP contribution is -2.51. The van der Waals surface area contributed by atoms with Crippen molar-refractivity contribution < 1.29 is 9.53 Å². The molecule has 2 fully saturated rings. The molecule has 0 bridgehead atoms. The van der Waals surface area contributed by atoms with Gasteiger partial charge in [-0.1, -0.05) is 25.1 Å². The number of carbonyl (C=O) groups excluding carboxylic acids is 1. The number of hydrogen-bond donors (Lipinski definition) is 2. The molecule has 1 aliphatic heterocycles. The van der Waals surface area contributed by atoms with E-state index < -0.39 is 5.41 Å². The predicted molar refractivity (Wildman–Crippen MR) is 78.8 cm³/mol. The van der Waals surface area contributed by atoms with Crippen molar-refractivity contribution in [1.82, 2.24) is 5.32 Å². The molecule has 1 amide bonds. The van der Waals surface area contributed by atoms with Crippen LogP contribution in [0.2, 0.25) is 0 Å². The smallest absolute Gasteiger partial charge is 0.233 e. The summed E-state index contributed by atoms with van der Waals surface area (Å²) in [7, 11) is 0. The second-order valence-corrected chi connectivity index (χ2v) is 6.31. The Morgan fingerprint density at radius 3 is 2.47 bits per heavy atom. The van der Waals surface area contributed by atoms with Crippen LogP contribution in [0.25, 0.3) is 0 Å². The molecule has 1 unspecified atom stereocenters. The normalized spacial score (nSPS) is 24.9. The van der Waals surface area contributed by atoms with Crippen molar-refractivity contribution >= 4 is 23.1 Å². The molecule has 0 aromatic rings. The Kier molecular flexibility index (Phi) is 4.79. The first-order valence-electron chi connectivity index (χ1n) is 7.25. The minimum absolute atomic E-state index is 0.0384. The zero-order chi connectivity index (χ0) is 13.9. The summed E-state index contributed by atoms with van der Waals surface area (Å²) in [4.78, 5) is 12.9. The molecule has 2 aliphatic rings. The Morgan fingerprint density at radius 2 is 1.95 bits per heavy atom. The van der Waals surface area contributed by atoms with E-state index in [9.17, 15) is 4.79 Å². The van der Waals surface area contributed by atoms with Gasteiger partial charge < -0.3 is 15.8 Å². The Hall–Kier alpha value is -0.680. The number of thiocarbonyl (C=S) groups is 1. The quantitative estimate of drug-likeness (QED) is 0.772. The van der Waals surface area contributed by atoms with Crippen LogP contribution in [0.1, 0.15) is 45.4 Å². The van der Waals surface area contributed by atoms with E-state index in [4.69, 9.17) is 22.7 Å². The van der Waals surface area contributed by atoms with E-state index in [1.165, 1.54) is 0 Å². The third-order valence-electron chi connectivity index (χ3n) is 4.70. The molecule has 0 radical (unpaired) electrons. The molecule has 1 saturated carbocycles.